The van der Waals surface area contributed by atoms with Gasteiger partial charge in [-0.3, -0.25) is 4.79 Å². The molecule has 4 nitrogen and oxygen atoms in total. The Morgan fingerprint density at radius 2 is 1.77 bits per heavy atom. The standard InChI is InChI=1S/C22H19N3O/c26-20-9-3-8-19-16-10-14(12-25(19)20)11-24(13-16)22-17-6-1-4-15-5-2-7-18(23-22)21(15)17/h1-9,14,16H,10-13H2/t14-,16+/m1/s1. The first-order chi connectivity index (χ1) is 12.8. The number of hydrogen-bond donors (Lipinski definition) is 0. The number of nitrogens with zero attached hydrogens (tertiary/aromatic N) is 3. The van der Waals surface area contributed by atoms with Crippen LogP contribution in [0.25, 0.3) is 10.8 Å². The third kappa shape index (κ3) is 1.90. The molecule has 2 aromatic carbocycles. The number of aliphatic imine (C=N–C) groups is 1. The van der Waals surface area contributed by atoms with Gasteiger partial charge in [0.2, 0.25) is 0 Å². The first kappa shape index (κ1) is 14.3. The molecular weight excluding hydrogens is 322 g/mol. The molecule has 0 amide bonds. The molecule has 4 heteroatoms. The van der Waals surface area contributed by atoms with Crippen LogP contribution in [0.15, 0.2) is 64.4 Å². The lowest BCUT2D eigenvalue weighted by Crippen LogP contribution is -2.49. The van der Waals surface area contributed by atoms with Gasteiger partial charge in [-0.05, 0) is 29.9 Å². The predicted octanol–water partition coefficient (Wildman–Crippen LogP) is 3.51. The van der Waals surface area contributed by atoms with E-state index in [2.05, 4.69) is 47.4 Å². The Morgan fingerprint density at radius 1 is 0.923 bits per heavy atom. The van der Waals surface area contributed by atoms with Gasteiger partial charge in [-0.25, -0.2) is 4.99 Å². The minimum absolute atomic E-state index is 0.140. The molecule has 0 aliphatic carbocycles. The van der Waals surface area contributed by atoms with E-state index in [9.17, 15) is 4.79 Å². The van der Waals surface area contributed by atoms with E-state index in [4.69, 9.17) is 4.99 Å². The summed E-state index contributed by atoms with van der Waals surface area (Å²) in [6, 6.07) is 18.5. The van der Waals surface area contributed by atoms with Crippen molar-refractivity contribution in [3.8, 4) is 0 Å². The van der Waals surface area contributed by atoms with Gasteiger partial charge in [-0.2, -0.15) is 0 Å². The van der Waals surface area contributed by atoms with Crippen molar-refractivity contribution in [2.75, 3.05) is 13.1 Å². The molecule has 3 aliphatic rings. The monoisotopic (exact) mass is 341 g/mol. The summed E-state index contributed by atoms with van der Waals surface area (Å²) < 4.78 is 1.99. The fraction of sp³-hybridized carbons (Fsp3) is 0.273. The van der Waals surface area contributed by atoms with E-state index in [1.54, 1.807) is 6.07 Å². The highest BCUT2D eigenvalue weighted by Gasteiger charge is 2.37. The fourth-order valence-electron chi connectivity index (χ4n) is 5.09. The van der Waals surface area contributed by atoms with Crippen LogP contribution in [-0.4, -0.2) is 28.4 Å². The number of likely N-dealkylation sites (tertiary alicyclic amines) is 1. The van der Waals surface area contributed by atoms with Crippen molar-refractivity contribution in [1.82, 2.24) is 9.47 Å². The summed E-state index contributed by atoms with van der Waals surface area (Å²) in [4.78, 5) is 19.7. The van der Waals surface area contributed by atoms with Crippen molar-refractivity contribution < 1.29 is 0 Å². The summed E-state index contributed by atoms with van der Waals surface area (Å²) in [6.07, 6.45) is 1.17. The van der Waals surface area contributed by atoms with E-state index in [0.29, 0.717) is 11.8 Å². The number of piperidine rings is 1. The maximum Gasteiger partial charge on any atom is 0.250 e. The van der Waals surface area contributed by atoms with Crippen molar-refractivity contribution in [2.45, 2.75) is 18.9 Å². The van der Waals surface area contributed by atoms with Crippen LogP contribution >= 0.6 is 0 Å². The highest BCUT2D eigenvalue weighted by Crippen LogP contribution is 2.40. The van der Waals surface area contributed by atoms with Gasteiger partial charge in [0.05, 0.1) is 5.69 Å². The minimum atomic E-state index is 0.140. The third-order valence-electron chi connectivity index (χ3n) is 6.13. The SMILES string of the molecule is O=c1cccc2n1C[C@@H]1C[C@H]2CN(C2=Nc3cccc4cccc2c34)C1. The molecule has 0 N–H and O–H groups in total. The molecule has 0 unspecified atom stereocenters. The summed E-state index contributed by atoms with van der Waals surface area (Å²) in [7, 11) is 0. The summed E-state index contributed by atoms with van der Waals surface area (Å²) in [5.41, 5.74) is 3.66. The predicted molar refractivity (Wildman–Crippen MR) is 103 cm³/mol. The summed E-state index contributed by atoms with van der Waals surface area (Å²) >= 11 is 0. The van der Waals surface area contributed by atoms with Crippen LogP contribution in [0.2, 0.25) is 0 Å². The first-order valence-electron chi connectivity index (χ1n) is 9.33. The Kier molecular flexibility index (Phi) is 2.79. The molecule has 1 fully saturated rings. The first-order valence-corrected chi connectivity index (χ1v) is 9.33. The summed E-state index contributed by atoms with van der Waals surface area (Å²) in [5.74, 6) is 2.02. The molecular formula is C22H19N3O. The van der Waals surface area contributed by atoms with Gasteiger partial charge in [-0.1, -0.05) is 36.4 Å². The smallest absolute Gasteiger partial charge is 0.250 e. The van der Waals surface area contributed by atoms with E-state index < -0.39 is 0 Å². The van der Waals surface area contributed by atoms with Crippen LogP contribution in [-0.2, 0) is 6.54 Å². The highest BCUT2D eigenvalue weighted by atomic mass is 16.1. The van der Waals surface area contributed by atoms with Crippen molar-refractivity contribution in [3.05, 3.63) is 76.2 Å². The maximum absolute atomic E-state index is 12.2. The van der Waals surface area contributed by atoms with Gasteiger partial charge >= 0.3 is 0 Å². The number of fused-ring (bicyclic) bond motifs is 4. The topological polar surface area (TPSA) is 37.6 Å². The van der Waals surface area contributed by atoms with E-state index in [-0.39, 0.29) is 5.56 Å². The van der Waals surface area contributed by atoms with Gasteiger partial charge in [0, 0.05) is 48.3 Å². The molecule has 0 spiro atoms. The lowest BCUT2D eigenvalue weighted by atomic mass is 9.83. The van der Waals surface area contributed by atoms with Gasteiger partial charge < -0.3 is 9.47 Å². The zero-order valence-electron chi connectivity index (χ0n) is 14.4. The van der Waals surface area contributed by atoms with E-state index in [1.807, 2.05) is 10.6 Å². The van der Waals surface area contributed by atoms with Crippen LogP contribution in [0.5, 0.6) is 0 Å². The molecule has 3 aromatic rings. The van der Waals surface area contributed by atoms with E-state index in [0.717, 1.165) is 31.2 Å². The molecule has 6 rings (SSSR count). The second kappa shape index (κ2) is 5.07. The zero-order chi connectivity index (χ0) is 17.3. The second-order valence-corrected chi connectivity index (χ2v) is 7.72. The quantitative estimate of drug-likeness (QED) is 0.627. The minimum Gasteiger partial charge on any atom is -0.355 e. The van der Waals surface area contributed by atoms with Crippen LogP contribution in [0.4, 0.5) is 5.69 Å². The number of hydrogen-bond acceptors (Lipinski definition) is 3. The molecule has 2 atom stereocenters. The number of rotatable bonds is 0. The second-order valence-electron chi connectivity index (χ2n) is 7.72. The average molecular weight is 341 g/mol. The largest absolute Gasteiger partial charge is 0.355 e. The lowest BCUT2D eigenvalue weighted by molar-refractivity contribution is 0.179. The normalized spacial score (nSPS) is 23.1. The lowest BCUT2D eigenvalue weighted by Gasteiger charge is -2.43. The van der Waals surface area contributed by atoms with E-state index in [1.165, 1.54) is 28.5 Å². The Morgan fingerprint density at radius 3 is 2.69 bits per heavy atom. The average Bonchev–Trinajstić information content (AvgIpc) is 3.04. The molecule has 1 saturated heterocycles. The molecule has 3 aliphatic heterocycles. The summed E-state index contributed by atoms with van der Waals surface area (Å²) in [6.45, 7) is 2.73. The number of benzene rings is 2. The van der Waals surface area contributed by atoms with Gasteiger partial charge in [0.25, 0.3) is 5.56 Å². The molecule has 128 valence electrons. The van der Waals surface area contributed by atoms with Crippen molar-refractivity contribution in [1.29, 1.82) is 0 Å². The van der Waals surface area contributed by atoms with Crippen molar-refractivity contribution >= 4 is 22.3 Å². The zero-order valence-corrected chi connectivity index (χ0v) is 14.4. The van der Waals surface area contributed by atoms with Crippen molar-refractivity contribution in [2.24, 2.45) is 10.9 Å². The van der Waals surface area contributed by atoms with Gasteiger partial charge in [0.1, 0.15) is 5.84 Å². The molecule has 1 aromatic heterocycles. The Hall–Kier alpha value is -2.88. The fourth-order valence-corrected chi connectivity index (χ4v) is 5.09. The molecule has 4 heterocycles. The van der Waals surface area contributed by atoms with E-state index >= 15 is 0 Å². The molecule has 2 bridgehead atoms. The summed E-state index contributed by atoms with van der Waals surface area (Å²) in [5, 5.41) is 2.53. The number of pyridine rings is 1. The van der Waals surface area contributed by atoms with Crippen molar-refractivity contribution in [3.63, 3.8) is 0 Å². The molecule has 0 radical (unpaired) electrons. The molecule has 26 heavy (non-hydrogen) atoms. The van der Waals surface area contributed by atoms with Crippen LogP contribution in [0.3, 0.4) is 0 Å². The Labute approximate surface area is 151 Å². The van der Waals surface area contributed by atoms with Crippen LogP contribution in [0.1, 0.15) is 23.6 Å². The third-order valence-corrected chi connectivity index (χ3v) is 6.13. The van der Waals surface area contributed by atoms with Crippen LogP contribution < -0.4 is 5.56 Å². The Bertz CT molecular complexity index is 1140. The number of amidine groups is 1. The van der Waals surface area contributed by atoms with Gasteiger partial charge in [0.15, 0.2) is 0 Å². The Balaban J connectivity index is 1.43. The number of aromatic nitrogens is 1. The molecule has 0 saturated carbocycles. The van der Waals surface area contributed by atoms with Gasteiger partial charge in [-0.15, -0.1) is 0 Å². The maximum atomic E-state index is 12.2. The highest BCUT2D eigenvalue weighted by molar-refractivity contribution is 6.18. The van der Waals surface area contributed by atoms with Crippen LogP contribution in [0, 0.1) is 5.92 Å².